The van der Waals surface area contributed by atoms with Gasteiger partial charge in [0, 0.05) is 16.3 Å². The molecule has 0 fully saturated rings. The Balaban J connectivity index is 2.29. The second kappa shape index (κ2) is 5.34. The van der Waals surface area contributed by atoms with Gasteiger partial charge in [-0.3, -0.25) is 0 Å². The molecule has 0 atom stereocenters. The zero-order chi connectivity index (χ0) is 12.3. The van der Waals surface area contributed by atoms with Crippen LogP contribution >= 0.6 is 22.9 Å². The van der Waals surface area contributed by atoms with E-state index in [0.717, 1.165) is 21.7 Å². The second-order valence-electron chi connectivity index (χ2n) is 3.64. The van der Waals surface area contributed by atoms with Crippen LogP contribution in [-0.2, 0) is 0 Å². The molecule has 2 N–H and O–H groups in total. The number of halogens is 1. The van der Waals surface area contributed by atoms with E-state index >= 15 is 0 Å². The molecule has 2 nitrogen and oxygen atoms in total. The molecule has 88 valence electrons. The van der Waals surface area contributed by atoms with Gasteiger partial charge < -0.3 is 5.73 Å². The zero-order valence-corrected chi connectivity index (χ0v) is 11.1. The molecule has 1 heterocycles. The normalized spacial score (nSPS) is 11.2. The van der Waals surface area contributed by atoms with Gasteiger partial charge in [-0.15, -0.1) is 22.9 Å². The van der Waals surface area contributed by atoms with E-state index in [-0.39, 0.29) is 0 Å². The van der Waals surface area contributed by atoms with Crippen LogP contribution in [0.5, 0.6) is 0 Å². The molecule has 1 aromatic heterocycles. The Morgan fingerprint density at radius 1 is 1.35 bits per heavy atom. The largest absolute Gasteiger partial charge is 0.375 e. The number of nitrogens with two attached hydrogens (primary N) is 1. The Bertz CT molecular complexity index is 529. The first-order chi connectivity index (χ1) is 8.20. The summed E-state index contributed by atoms with van der Waals surface area (Å²) in [5.74, 6) is 0.531. The average Bonchev–Trinajstić information content (AvgIpc) is 2.66. The van der Waals surface area contributed by atoms with Crippen molar-refractivity contribution in [3.8, 4) is 11.3 Å². The number of alkyl halides is 1. The van der Waals surface area contributed by atoms with Crippen LogP contribution in [0.1, 0.15) is 10.4 Å². The molecule has 0 spiro atoms. The lowest BCUT2D eigenvalue weighted by Crippen LogP contribution is -1.84. The summed E-state index contributed by atoms with van der Waals surface area (Å²) in [4.78, 5) is 5.47. The third kappa shape index (κ3) is 2.87. The highest BCUT2D eigenvalue weighted by Gasteiger charge is 2.07. The van der Waals surface area contributed by atoms with Crippen molar-refractivity contribution in [2.45, 2.75) is 6.92 Å². The van der Waals surface area contributed by atoms with Crippen molar-refractivity contribution in [2.75, 3.05) is 11.6 Å². The van der Waals surface area contributed by atoms with E-state index in [1.54, 1.807) is 0 Å². The fourth-order valence-electron chi connectivity index (χ4n) is 1.62. The summed E-state index contributed by atoms with van der Waals surface area (Å²) in [6, 6.07) is 8.20. The highest BCUT2D eigenvalue weighted by Crippen LogP contribution is 2.28. The summed E-state index contributed by atoms with van der Waals surface area (Å²) in [6.07, 6.45) is 3.92. The molecule has 2 rings (SSSR count). The molecule has 0 unspecified atom stereocenters. The molecule has 0 bridgehead atoms. The summed E-state index contributed by atoms with van der Waals surface area (Å²) < 4.78 is 0. The molecular formula is C13H13ClN2S. The molecule has 0 saturated carbocycles. The van der Waals surface area contributed by atoms with Crippen molar-refractivity contribution in [3.05, 3.63) is 40.8 Å². The molecule has 0 radical (unpaired) electrons. The van der Waals surface area contributed by atoms with Crippen LogP contribution in [0.25, 0.3) is 17.3 Å². The van der Waals surface area contributed by atoms with Crippen molar-refractivity contribution in [1.29, 1.82) is 0 Å². The number of aromatic nitrogens is 1. The van der Waals surface area contributed by atoms with E-state index < -0.39 is 0 Å². The third-order valence-electron chi connectivity index (χ3n) is 2.40. The van der Waals surface area contributed by atoms with Crippen LogP contribution in [0.3, 0.4) is 0 Å². The molecule has 1 aromatic carbocycles. The van der Waals surface area contributed by atoms with Gasteiger partial charge >= 0.3 is 0 Å². The average molecular weight is 265 g/mol. The van der Waals surface area contributed by atoms with E-state index in [9.17, 15) is 0 Å². The SMILES string of the molecule is Cc1sc(N)nc1-c1ccc(C=CCCl)cc1. The van der Waals surface area contributed by atoms with Crippen LogP contribution in [0, 0.1) is 6.92 Å². The fraction of sp³-hybridized carbons (Fsp3) is 0.154. The summed E-state index contributed by atoms with van der Waals surface area (Å²) >= 11 is 7.11. The molecule has 0 saturated heterocycles. The number of benzene rings is 1. The first-order valence-corrected chi connectivity index (χ1v) is 6.61. The van der Waals surface area contributed by atoms with Gasteiger partial charge in [-0.05, 0) is 12.5 Å². The number of rotatable bonds is 3. The third-order valence-corrected chi connectivity index (χ3v) is 3.37. The van der Waals surface area contributed by atoms with Crippen molar-refractivity contribution in [3.63, 3.8) is 0 Å². The van der Waals surface area contributed by atoms with Gasteiger partial charge in [0.25, 0.3) is 0 Å². The highest BCUT2D eigenvalue weighted by molar-refractivity contribution is 7.15. The predicted molar refractivity (Wildman–Crippen MR) is 76.5 cm³/mol. The van der Waals surface area contributed by atoms with Gasteiger partial charge in [0.05, 0.1) is 5.69 Å². The van der Waals surface area contributed by atoms with Gasteiger partial charge in [-0.2, -0.15) is 0 Å². The van der Waals surface area contributed by atoms with Crippen LogP contribution in [0.15, 0.2) is 30.3 Å². The van der Waals surface area contributed by atoms with Crippen LogP contribution in [0.2, 0.25) is 0 Å². The molecule has 0 aliphatic rings. The first-order valence-electron chi connectivity index (χ1n) is 5.26. The molecule has 4 heteroatoms. The maximum Gasteiger partial charge on any atom is 0.180 e. The Morgan fingerprint density at radius 3 is 2.59 bits per heavy atom. The van der Waals surface area contributed by atoms with Crippen LogP contribution in [0.4, 0.5) is 5.13 Å². The number of anilines is 1. The number of hydrogen-bond acceptors (Lipinski definition) is 3. The number of allylic oxidation sites excluding steroid dienone is 1. The monoisotopic (exact) mass is 264 g/mol. The Hall–Kier alpha value is -1.32. The lowest BCUT2D eigenvalue weighted by molar-refractivity contribution is 1.38. The zero-order valence-electron chi connectivity index (χ0n) is 9.48. The maximum absolute atomic E-state index is 5.69. The van der Waals surface area contributed by atoms with Gasteiger partial charge in [-0.25, -0.2) is 4.98 Å². The van der Waals surface area contributed by atoms with Crippen molar-refractivity contribution < 1.29 is 0 Å². The smallest absolute Gasteiger partial charge is 0.180 e. The first kappa shape index (κ1) is 12.1. The molecule has 0 aliphatic heterocycles. The summed E-state index contributed by atoms with van der Waals surface area (Å²) in [7, 11) is 0. The number of nitrogen functional groups attached to an aromatic ring is 1. The minimum atomic E-state index is 0.531. The van der Waals surface area contributed by atoms with E-state index in [1.165, 1.54) is 11.3 Å². The van der Waals surface area contributed by atoms with Crippen LogP contribution < -0.4 is 5.73 Å². The quantitative estimate of drug-likeness (QED) is 0.853. The molecule has 17 heavy (non-hydrogen) atoms. The molecule has 0 aliphatic carbocycles. The minimum Gasteiger partial charge on any atom is -0.375 e. The molecule has 0 amide bonds. The van der Waals surface area contributed by atoms with Crippen molar-refractivity contribution in [2.24, 2.45) is 0 Å². The summed E-state index contributed by atoms with van der Waals surface area (Å²) in [6.45, 7) is 2.03. The van der Waals surface area contributed by atoms with E-state index in [2.05, 4.69) is 17.1 Å². The number of hydrogen-bond donors (Lipinski definition) is 1. The summed E-state index contributed by atoms with van der Waals surface area (Å²) in [5, 5.41) is 0.614. The van der Waals surface area contributed by atoms with E-state index in [4.69, 9.17) is 17.3 Å². The van der Waals surface area contributed by atoms with Gasteiger partial charge in [-0.1, -0.05) is 36.4 Å². The lowest BCUT2D eigenvalue weighted by atomic mass is 10.1. The minimum absolute atomic E-state index is 0.531. The van der Waals surface area contributed by atoms with E-state index in [0.29, 0.717) is 11.0 Å². The number of nitrogens with zero attached hydrogens (tertiary/aromatic N) is 1. The fourth-order valence-corrected chi connectivity index (χ4v) is 2.42. The van der Waals surface area contributed by atoms with Gasteiger partial charge in [0.1, 0.15) is 0 Å². The second-order valence-corrected chi connectivity index (χ2v) is 5.18. The Labute approximate surface area is 110 Å². The van der Waals surface area contributed by atoms with Gasteiger partial charge in [0.15, 0.2) is 5.13 Å². The number of aryl methyl sites for hydroxylation is 1. The predicted octanol–water partition coefficient (Wildman–Crippen LogP) is 3.95. The lowest BCUT2D eigenvalue weighted by Gasteiger charge is -1.99. The Morgan fingerprint density at radius 2 is 2.06 bits per heavy atom. The number of thiazole rings is 1. The Kier molecular flexibility index (Phi) is 3.82. The van der Waals surface area contributed by atoms with E-state index in [1.807, 2.05) is 31.2 Å². The highest BCUT2D eigenvalue weighted by atomic mass is 35.5. The van der Waals surface area contributed by atoms with Crippen LogP contribution in [-0.4, -0.2) is 10.9 Å². The van der Waals surface area contributed by atoms with Crippen molar-refractivity contribution in [1.82, 2.24) is 4.98 Å². The molecule has 2 aromatic rings. The maximum atomic E-state index is 5.69. The van der Waals surface area contributed by atoms with Gasteiger partial charge in [0.2, 0.25) is 0 Å². The summed E-state index contributed by atoms with van der Waals surface area (Å²) in [5.41, 5.74) is 8.90. The molecular weight excluding hydrogens is 252 g/mol. The topological polar surface area (TPSA) is 38.9 Å². The van der Waals surface area contributed by atoms with Crippen molar-refractivity contribution >= 4 is 34.1 Å². The standard InChI is InChI=1S/C13H13ClN2S/c1-9-12(16-13(15)17-9)11-6-4-10(5-7-11)3-2-8-14/h2-7H,8H2,1H3,(H2,15,16).